The van der Waals surface area contributed by atoms with Gasteiger partial charge in [-0.3, -0.25) is 0 Å². The molecule has 0 radical (unpaired) electrons. The van der Waals surface area contributed by atoms with Crippen molar-refractivity contribution in [3.63, 3.8) is 0 Å². The maximum Gasteiger partial charge on any atom is 0.416 e. The number of halogens is 5. The van der Waals surface area contributed by atoms with Crippen LogP contribution < -0.4 is 11.1 Å². The molecule has 0 amide bonds. The minimum atomic E-state index is -4.47. The molecule has 0 atom stereocenters. The van der Waals surface area contributed by atoms with Crippen molar-refractivity contribution >= 4 is 28.7 Å². The fourth-order valence-electron chi connectivity index (χ4n) is 1.57. The Morgan fingerprint density at radius 2 is 1.70 bits per heavy atom. The molecule has 0 saturated heterocycles. The van der Waals surface area contributed by atoms with E-state index in [1.807, 2.05) is 0 Å². The molecule has 2 aromatic carbocycles. The number of benzene rings is 2. The molecule has 2 rings (SSSR count). The maximum atomic E-state index is 13.1. The molecule has 3 N–H and O–H groups in total. The number of nitrogens with two attached hydrogens (primary N) is 1. The standard InChI is InChI=1S/C13H9ClF4N2/c14-9-5-7(13(16,17)18)1-4-11(9)20-12-6-8(15)2-3-10(12)19/h1-6,20H,19H2. The van der Waals surface area contributed by atoms with E-state index in [9.17, 15) is 17.6 Å². The van der Waals surface area contributed by atoms with Gasteiger partial charge >= 0.3 is 6.18 Å². The van der Waals surface area contributed by atoms with E-state index in [1.54, 1.807) is 0 Å². The number of hydrogen-bond donors (Lipinski definition) is 2. The van der Waals surface area contributed by atoms with Gasteiger partial charge in [-0.05, 0) is 36.4 Å². The summed E-state index contributed by atoms with van der Waals surface area (Å²) in [5.41, 5.74) is 5.46. The Labute approximate surface area is 117 Å². The molecule has 2 nitrogen and oxygen atoms in total. The third-order valence-electron chi connectivity index (χ3n) is 2.58. The number of alkyl halides is 3. The number of hydrogen-bond acceptors (Lipinski definition) is 2. The summed E-state index contributed by atoms with van der Waals surface area (Å²) in [4.78, 5) is 0. The summed E-state index contributed by atoms with van der Waals surface area (Å²) in [7, 11) is 0. The van der Waals surface area contributed by atoms with Gasteiger partial charge < -0.3 is 11.1 Å². The molecule has 0 aliphatic heterocycles. The first-order valence-electron chi connectivity index (χ1n) is 5.46. The highest BCUT2D eigenvalue weighted by molar-refractivity contribution is 6.33. The van der Waals surface area contributed by atoms with Crippen LogP contribution in [-0.4, -0.2) is 0 Å². The lowest BCUT2D eigenvalue weighted by Gasteiger charge is -2.13. The molecule has 0 aliphatic rings. The highest BCUT2D eigenvalue weighted by atomic mass is 35.5. The lowest BCUT2D eigenvalue weighted by Crippen LogP contribution is -2.05. The van der Waals surface area contributed by atoms with Crippen LogP contribution in [0.15, 0.2) is 36.4 Å². The second kappa shape index (κ2) is 5.20. The first kappa shape index (κ1) is 14.5. The van der Waals surface area contributed by atoms with Crippen LogP contribution in [0.3, 0.4) is 0 Å². The Kier molecular flexibility index (Phi) is 3.76. The van der Waals surface area contributed by atoms with Gasteiger partial charge in [-0.25, -0.2) is 4.39 Å². The van der Waals surface area contributed by atoms with Crippen LogP contribution >= 0.6 is 11.6 Å². The van der Waals surface area contributed by atoms with Crippen molar-refractivity contribution in [3.05, 3.63) is 52.8 Å². The molecule has 0 fully saturated rings. The Morgan fingerprint density at radius 3 is 2.30 bits per heavy atom. The molecule has 0 spiro atoms. The van der Waals surface area contributed by atoms with E-state index in [0.29, 0.717) is 0 Å². The lowest BCUT2D eigenvalue weighted by molar-refractivity contribution is -0.137. The van der Waals surface area contributed by atoms with Crippen molar-refractivity contribution in [2.75, 3.05) is 11.1 Å². The minimum absolute atomic E-state index is 0.136. The van der Waals surface area contributed by atoms with Crippen LogP contribution in [0.5, 0.6) is 0 Å². The van der Waals surface area contributed by atoms with E-state index in [-0.39, 0.29) is 22.1 Å². The zero-order chi connectivity index (χ0) is 14.9. The first-order chi connectivity index (χ1) is 9.27. The van der Waals surface area contributed by atoms with Gasteiger partial charge in [-0.1, -0.05) is 11.6 Å². The minimum Gasteiger partial charge on any atom is -0.397 e. The summed E-state index contributed by atoms with van der Waals surface area (Å²) in [6.45, 7) is 0. The number of rotatable bonds is 2. The molecule has 0 unspecified atom stereocenters. The smallest absolute Gasteiger partial charge is 0.397 e. The average Bonchev–Trinajstić information content (AvgIpc) is 2.35. The molecule has 7 heteroatoms. The van der Waals surface area contributed by atoms with Crippen molar-refractivity contribution in [2.24, 2.45) is 0 Å². The average molecular weight is 305 g/mol. The maximum absolute atomic E-state index is 13.1. The predicted octanol–water partition coefficient (Wildman–Crippen LogP) is 4.82. The van der Waals surface area contributed by atoms with E-state index >= 15 is 0 Å². The molecule has 2 aromatic rings. The van der Waals surface area contributed by atoms with E-state index < -0.39 is 17.6 Å². The van der Waals surface area contributed by atoms with Gasteiger partial charge in [-0.15, -0.1) is 0 Å². The van der Waals surface area contributed by atoms with Crippen LogP contribution in [0.25, 0.3) is 0 Å². The van der Waals surface area contributed by atoms with Crippen molar-refractivity contribution in [1.82, 2.24) is 0 Å². The summed E-state index contributed by atoms with van der Waals surface area (Å²) < 4.78 is 50.6. The fraction of sp³-hybridized carbons (Fsp3) is 0.0769. The van der Waals surface area contributed by atoms with Crippen molar-refractivity contribution in [3.8, 4) is 0 Å². The third kappa shape index (κ3) is 3.14. The third-order valence-corrected chi connectivity index (χ3v) is 2.89. The summed E-state index contributed by atoms with van der Waals surface area (Å²) in [5, 5.41) is 2.56. The number of nitrogens with one attached hydrogen (secondary N) is 1. The summed E-state index contributed by atoms with van der Waals surface area (Å²) in [6.07, 6.45) is -4.47. The Morgan fingerprint density at radius 1 is 1.00 bits per heavy atom. The van der Waals surface area contributed by atoms with Crippen molar-refractivity contribution < 1.29 is 17.6 Å². The van der Waals surface area contributed by atoms with E-state index in [0.717, 1.165) is 24.3 Å². The number of anilines is 3. The van der Waals surface area contributed by atoms with Crippen LogP contribution in [0.1, 0.15) is 5.56 Å². The monoisotopic (exact) mass is 304 g/mol. The highest BCUT2D eigenvalue weighted by Gasteiger charge is 2.30. The fourth-order valence-corrected chi connectivity index (χ4v) is 1.80. The summed E-state index contributed by atoms with van der Waals surface area (Å²) >= 11 is 5.78. The largest absolute Gasteiger partial charge is 0.416 e. The van der Waals surface area contributed by atoms with Gasteiger partial charge in [0, 0.05) is 0 Å². The zero-order valence-electron chi connectivity index (χ0n) is 9.93. The Bertz CT molecular complexity index is 641. The molecule has 0 heterocycles. The van der Waals surface area contributed by atoms with Gasteiger partial charge in [0.05, 0.1) is 27.6 Å². The van der Waals surface area contributed by atoms with Crippen LogP contribution in [0.2, 0.25) is 5.02 Å². The van der Waals surface area contributed by atoms with Crippen molar-refractivity contribution in [1.29, 1.82) is 0 Å². The quantitative estimate of drug-likeness (QED) is 0.616. The molecular formula is C13H9ClF4N2. The van der Waals surface area contributed by atoms with Crippen molar-refractivity contribution in [2.45, 2.75) is 6.18 Å². The molecular weight excluding hydrogens is 296 g/mol. The van der Waals surface area contributed by atoms with E-state index in [4.69, 9.17) is 17.3 Å². The normalized spacial score (nSPS) is 11.4. The van der Waals surface area contributed by atoms with Crippen LogP contribution in [-0.2, 0) is 6.18 Å². The molecule has 106 valence electrons. The molecule has 0 aliphatic carbocycles. The van der Waals surface area contributed by atoms with Gasteiger partial charge in [0.1, 0.15) is 5.82 Å². The van der Waals surface area contributed by atoms with E-state index in [2.05, 4.69) is 5.32 Å². The molecule has 0 bridgehead atoms. The topological polar surface area (TPSA) is 38.0 Å². The Balaban J connectivity index is 2.33. The molecule has 20 heavy (non-hydrogen) atoms. The Hall–Kier alpha value is -1.95. The van der Waals surface area contributed by atoms with Gasteiger partial charge in [0.25, 0.3) is 0 Å². The second-order valence-corrected chi connectivity index (χ2v) is 4.46. The van der Waals surface area contributed by atoms with Crippen LogP contribution in [0, 0.1) is 5.82 Å². The zero-order valence-corrected chi connectivity index (χ0v) is 10.7. The predicted molar refractivity (Wildman–Crippen MR) is 70.5 cm³/mol. The number of nitrogen functional groups attached to an aromatic ring is 1. The molecule has 0 aromatic heterocycles. The SMILES string of the molecule is Nc1ccc(F)cc1Nc1ccc(C(F)(F)F)cc1Cl. The van der Waals surface area contributed by atoms with E-state index in [1.165, 1.54) is 12.1 Å². The summed E-state index contributed by atoms with van der Waals surface area (Å²) in [6, 6.07) is 6.48. The second-order valence-electron chi connectivity index (χ2n) is 4.05. The first-order valence-corrected chi connectivity index (χ1v) is 5.84. The lowest BCUT2D eigenvalue weighted by atomic mass is 10.2. The van der Waals surface area contributed by atoms with Gasteiger partial charge in [0.15, 0.2) is 0 Å². The van der Waals surface area contributed by atoms with Gasteiger partial charge in [-0.2, -0.15) is 13.2 Å². The molecule has 0 saturated carbocycles. The highest BCUT2D eigenvalue weighted by Crippen LogP contribution is 2.35. The van der Waals surface area contributed by atoms with Crippen LogP contribution in [0.4, 0.5) is 34.6 Å². The van der Waals surface area contributed by atoms with Gasteiger partial charge in [0.2, 0.25) is 0 Å². The summed E-state index contributed by atoms with van der Waals surface area (Å²) in [5.74, 6) is -0.523.